The summed E-state index contributed by atoms with van der Waals surface area (Å²) in [7, 11) is 3.00. The topological polar surface area (TPSA) is 48.4 Å². The van der Waals surface area contributed by atoms with Crippen molar-refractivity contribution in [3.05, 3.63) is 34.8 Å². The van der Waals surface area contributed by atoms with Crippen LogP contribution in [0.4, 0.5) is 0 Å². The van der Waals surface area contributed by atoms with E-state index in [0.717, 1.165) is 21.9 Å². The van der Waals surface area contributed by atoms with Gasteiger partial charge in [-0.2, -0.15) is 0 Å². The normalized spacial score (nSPS) is 10.2. The summed E-state index contributed by atoms with van der Waals surface area (Å²) >= 11 is 1.31. The van der Waals surface area contributed by atoms with E-state index in [4.69, 9.17) is 4.74 Å². The monoisotopic (exact) mass is 263 g/mol. The molecule has 1 aromatic carbocycles. The maximum Gasteiger partial charge on any atom is 0.349 e. The number of carbonyl (C=O) groups excluding carboxylic acids is 1. The quantitative estimate of drug-likeness (QED) is 0.799. The van der Waals surface area contributed by atoms with Gasteiger partial charge in [-0.25, -0.2) is 9.78 Å². The fourth-order valence-corrected chi connectivity index (χ4v) is 2.44. The van der Waals surface area contributed by atoms with Gasteiger partial charge in [0.15, 0.2) is 0 Å². The molecule has 2 rings (SSSR count). The van der Waals surface area contributed by atoms with E-state index in [-0.39, 0.29) is 5.97 Å². The van der Waals surface area contributed by atoms with Crippen LogP contribution in [0.5, 0.6) is 5.75 Å². The minimum absolute atomic E-state index is 0.357. The molecule has 0 aliphatic heterocycles. The molecule has 5 heteroatoms. The van der Waals surface area contributed by atoms with Crippen molar-refractivity contribution in [2.75, 3.05) is 14.2 Å². The van der Waals surface area contributed by atoms with Crippen molar-refractivity contribution < 1.29 is 14.3 Å². The molecule has 0 radical (unpaired) electrons. The largest absolute Gasteiger partial charge is 0.496 e. The lowest BCUT2D eigenvalue weighted by Gasteiger charge is -2.05. The molecule has 0 atom stereocenters. The summed E-state index contributed by atoms with van der Waals surface area (Å²) in [6, 6.07) is 5.80. The van der Waals surface area contributed by atoms with Gasteiger partial charge in [-0.15, -0.1) is 11.3 Å². The van der Waals surface area contributed by atoms with Crippen molar-refractivity contribution in [1.82, 2.24) is 4.98 Å². The van der Waals surface area contributed by atoms with Gasteiger partial charge in [-0.3, -0.25) is 0 Å². The summed E-state index contributed by atoms with van der Waals surface area (Å²) in [5, 5.41) is 0.793. The number of hydrogen-bond donors (Lipinski definition) is 0. The average Bonchev–Trinajstić information content (AvgIpc) is 2.87. The highest BCUT2D eigenvalue weighted by Crippen LogP contribution is 2.29. The summed E-state index contributed by atoms with van der Waals surface area (Å²) in [6.07, 6.45) is 1.53. The number of methoxy groups -OCH3 is 2. The molecule has 0 N–H and O–H groups in total. The summed E-state index contributed by atoms with van der Waals surface area (Å²) in [4.78, 5) is 16.1. The van der Waals surface area contributed by atoms with Crippen LogP contribution in [-0.2, 0) is 4.74 Å². The molecule has 0 aliphatic rings. The van der Waals surface area contributed by atoms with Gasteiger partial charge in [0.1, 0.15) is 15.6 Å². The lowest BCUT2D eigenvalue weighted by atomic mass is 10.1. The third kappa shape index (κ3) is 2.36. The smallest absolute Gasteiger partial charge is 0.349 e. The molecule has 0 aliphatic carbocycles. The second kappa shape index (κ2) is 5.18. The fourth-order valence-electron chi connectivity index (χ4n) is 1.61. The number of aryl methyl sites for hydroxylation is 1. The first kappa shape index (κ1) is 12.6. The van der Waals surface area contributed by atoms with E-state index < -0.39 is 0 Å². The second-order valence-corrected chi connectivity index (χ2v) is 4.74. The number of nitrogens with zero attached hydrogens (tertiary/aromatic N) is 1. The molecular weight excluding hydrogens is 250 g/mol. The van der Waals surface area contributed by atoms with Crippen LogP contribution in [0.3, 0.4) is 0 Å². The van der Waals surface area contributed by atoms with Crippen molar-refractivity contribution >= 4 is 17.3 Å². The Kier molecular flexibility index (Phi) is 3.62. The first-order chi connectivity index (χ1) is 8.65. The van der Waals surface area contributed by atoms with Gasteiger partial charge in [0.2, 0.25) is 0 Å². The molecule has 4 nitrogen and oxygen atoms in total. The summed E-state index contributed by atoms with van der Waals surface area (Å²) < 4.78 is 9.86. The Bertz CT molecular complexity index is 577. The Morgan fingerprint density at radius 2 is 2.11 bits per heavy atom. The zero-order valence-corrected chi connectivity index (χ0v) is 11.2. The van der Waals surface area contributed by atoms with Crippen LogP contribution in [0.25, 0.3) is 10.6 Å². The zero-order valence-electron chi connectivity index (χ0n) is 10.4. The molecule has 0 unspecified atom stereocenters. The van der Waals surface area contributed by atoms with E-state index in [1.54, 1.807) is 7.11 Å². The summed E-state index contributed by atoms with van der Waals surface area (Å²) in [5.74, 6) is 0.479. The predicted octanol–water partition coefficient (Wildman–Crippen LogP) is 2.91. The maximum atomic E-state index is 11.4. The Morgan fingerprint density at radius 3 is 2.72 bits per heavy atom. The van der Waals surface area contributed by atoms with Crippen molar-refractivity contribution in [3.63, 3.8) is 0 Å². The van der Waals surface area contributed by atoms with Gasteiger partial charge in [0.05, 0.1) is 20.4 Å². The molecule has 0 saturated heterocycles. The number of hydrogen-bond acceptors (Lipinski definition) is 5. The maximum absolute atomic E-state index is 11.4. The number of aromatic nitrogens is 1. The van der Waals surface area contributed by atoms with E-state index in [2.05, 4.69) is 9.72 Å². The molecular formula is C13H13NO3S. The summed E-state index contributed by atoms with van der Waals surface area (Å²) in [5.41, 5.74) is 2.00. The van der Waals surface area contributed by atoms with Crippen LogP contribution in [0.1, 0.15) is 15.2 Å². The third-order valence-electron chi connectivity index (χ3n) is 2.53. The van der Waals surface area contributed by atoms with Crippen LogP contribution >= 0.6 is 11.3 Å². The average molecular weight is 263 g/mol. The van der Waals surface area contributed by atoms with Crippen molar-refractivity contribution in [2.24, 2.45) is 0 Å². The van der Waals surface area contributed by atoms with Crippen molar-refractivity contribution in [3.8, 4) is 16.3 Å². The van der Waals surface area contributed by atoms with Crippen LogP contribution in [-0.4, -0.2) is 25.2 Å². The van der Waals surface area contributed by atoms with Gasteiger partial charge in [-0.05, 0) is 30.7 Å². The lowest BCUT2D eigenvalue weighted by molar-refractivity contribution is 0.0606. The molecule has 94 valence electrons. The van der Waals surface area contributed by atoms with Gasteiger partial charge >= 0.3 is 5.97 Å². The van der Waals surface area contributed by atoms with E-state index in [9.17, 15) is 4.79 Å². The van der Waals surface area contributed by atoms with Crippen LogP contribution in [0, 0.1) is 6.92 Å². The molecule has 18 heavy (non-hydrogen) atoms. The van der Waals surface area contributed by atoms with Gasteiger partial charge < -0.3 is 9.47 Å². The van der Waals surface area contributed by atoms with E-state index in [1.807, 2.05) is 25.1 Å². The number of esters is 1. The standard InChI is InChI=1S/C13H13NO3S/c1-8-6-9(4-5-10(8)16-2)12-14-7-11(18-12)13(15)17-3/h4-7H,1-3H3. The van der Waals surface area contributed by atoms with Crippen LogP contribution in [0.2, 0.25) is 0 Å². The third-order valence-corrected chi connectivity index (χ3v) is 3.56. The zero-order chi connectivity index (χ0) is 13.1. The Hall–Kier alpha value is -1.88. The van der Waals surface area contributed by atoms with Crippen LogP contribution in [0.15, 0.2) is 24.4 Å². The Morgan fingerprint density at radius 1 is 1.33 bits per heavy atom. The molecule has 0 spiro atoms. The minimum atomic E-state index is -0.357. The highest BCUT2D eigenvalue weighted by atomic mass is 32.1. The Balaban J connectivity index is 2.34. The first-order valence-corrected chi connectivity index (χ1v) is 6.16. The van der Waals surface area contributed by atoms with Gasteiger partial charge in [-0.1, -0.05) is 0 Å². The number of carbonyl (C=O) groups is 1. The first-order valence-electron chi connectivity index (χ1n) is 5.35. The molecule has 0 amide bonds. The highest BCUT2D eigenvalue weighted by Gasteiger charge is 2.12. The van der Waals surface area contributed by atoms with Crippen molar-refractivity contribution in [2.45, 2.75) is 6.92 Å². The molecule has 0 fully saturated rings. The fraction of sp³-hybridized carbons (Fsp3) is 0.231. The van der Waals surface area contributed by atoms with Gasteiger partial charge in [0, 0.05) is 5.56 Å². The molecule has 0 saturated carbocycles. The number of rotatable bonds is 3. The minimum Gasteiger partial charge on any atom is -0.496 e. The predicted molar refractivity (Wildman–Crippen MR) is 70.2 cm³/mol. The Labute approximate surface area is 109 Å². The van der Waals surface area contributed by atoms with Crippen LogP contribution < -0.4 is 4.74 Å². The van der Waals surface area contributed by atoms with E-state index in [1.165, 1.54) is 24.6 Å². The SMILES string of the molecule is COC(=O)c1cnc(-c2ccc(OC)c(C)c2)s1. The van der Waals surface area contributed by atoms with Gasteiger partial charge in [0.25, 0.3) is 0 Å². The molecule has 1 aromatic heterocycles. The molecule has 1 heterocycles. The molecule has 0 bridgehead atoms. The number of benzene rings is 1. The summed E-state index contributed by atoms with van der Waals surface area (Å²) in [6.45, 7) is 1.97. The highest BCUT2D eigenvalue weighted by molar-refractivity contribution is 7.16. The van der Waals surface area contributed by atoms with E-state index in [0.29, 0.717) is 4.88 Å². The number of thiazole rings is 1. The second-order valence-electron chi connectivity index (χ2n) is 3.71. The molecule has 2 aromatic rings. The van der Waals surface area contributed by atoms with E-state index >= 15 is 0 Å². The lowest BCUT2D eigenvalue weighted by Crippen LogP contribution is -1.96. The van der Waals surface area contributed by atoms with Crippen molar-refractivity contribution in [1.29, 1.82) is 0 Å². The number of ether oxygens (including phenoxy) is 2.